The molecule has 2 aromatic heterocycles. The lowest BCUT2D eigenvalue weighted by Crippen LogP contribution is -2.52. The van der Waals surface area contributed by atoms with Gasteiger partial charge in [0.2, 0.25) is 31.6 Å². The van der Waals surface area contributed by atoms with Gasteiger partial charge in [-0.15, -0.1) is 0 Å². The van der Waals surface area contributed by atoms with Crippen LogP contribution in [0.15, 0.2) is 11.1 Å². The molecule has 0 bridgehead atoms. The van der Waals surface area contributed by atoms with Crippen molar-refractivity contribution in [2.24, 2.45) is 10.8 Å². The number of alkyl halides is 1. The number of aliphatic hydroxyl groups is 1. The second-order valence-corrected chi connectivity index (χ2v) is 12.6. The molecule has 238 valence electrons. The highest BCUT2D eigenvalue weighted by Gasteiger charge is 2.48. The van der Waals surface area contributed by atoms with Crippen molar-refractivity contribution in [2.75, 3.05) is 40.1 Å². The molecule has 0 spiro atoms. The molecule has 0 aromatic carbocycles. The number of hydrogen-bond donors (Lipinski definition) is 3. The fraction of sp³-hybridized carbons (Fsp3) is 0.696. The molecule has 2 aromatic rings. The number of nitrogens with zero attached hydrogens (tertiary/aromatic N) is 3. The molecule has 4 N–H and O–H groups in total. The third kappa shape index (κ3) is 8.53. The lowest BCUT2D eigenvalue weighted by Gasteiger charge is -2.36. The number of phosphoric acid groups is 1. The van der Waals surface area contributed by atoms with E-state index in [0.717, 1.165) is 20.5 Å². The lowest BCUT2D eigenvalue weighted by atomic mass is 9.98. The largest absolute Gasteiger partial charge is 0.480 e. The summed E-state index contributed by atoms with van der Waals surface area (Å²) in [5, 5.41) is 11.0. The maximum absolute atomic E-state index is 15.7. The van der Waals surface area contributed by atoms with E-state index in [1.165, 1.54) is 0 Å². The summed E-state index contributed by atoms with van der Waals surface area (Å²) in [5.74, 6) is -4.16. The fourth-order valence-corrected chi connectivity index (χ4v) is 3.94. The van der Waals surface area contributed by atoms with E-state index in [9.17, 15) is 24.1 Å². The number of ether oxygens (including phenoxy) is 4. The molecule has 0 aliphatic carbocycles. The number of H-pyrrole nitrogens is 1. The lowest BCUT2D eigenvalue weighted by molar-refractivity contribution is -0.290. The number of anilines is 1. The second-order valence-electron chi connectivity index (χ2n) is 10.9. The van der Waals surface area contributed by atoms with Crippen molar-refractivity contribution in [3.05, 3.63) is 16.7 Å². The quantitative estimate of drug-likeness (QED) is 0.154. The molecule has 19 heteroatoms. The topological polar surface area (TPSA) is 226 Å². The van der Waals surface area contributed by atoms with Crippen molar-refractivity contribution in [1.82, 2.24) is 19.5 Å². The van der Waals surface area contributed by atoms with E-state index in [1.54, 1.807) is 41.5 Å². The summed E-state index contributed by atoms with van der Waals surface area (Å²) in [4.78, 5) is 46.1. The van der Waals surface area contributed by atoms with Crippen LogP contribution in [0, 0.1) is 10.8 Å². The Hall–Kier alpha value is -2.99. The summed E-state index contributed by atoms with van der Waals surface area (Å²) in [5.41, 5.74) is 2.37. The number of esters is 2. The Bertz CT molecular complexity index is 1310. The van der Waals surface area contributed by atoms with Crippen LogP contribution in [0.4, 0.5) is 10.3 Å². The van der Waals surface area contributed by atoms with Crippen LogP contribution < -0.4 is 11.3 Å². The number of carbonyl (C=O) groups is 2. The van der Waals surface area contributed by atoms with Gasteiger partial charge in [0.05, 0.1) is 17.2 Å². The molecule has 0 unspecified atom stereocenters. The molecule has 42 heavy (non-hydrogen) atoms. The normalized spacial score (nSPS) is 14.5. The van der Waals surface area contributed by atoms with Crippen LogP contribution in [0.1, 0.15) is 47.8 Å². The maximum atomic E-state index is 15.7. The smallest absolute Gasteiger partial charge is 0.437 e. The molecule has 0 amide bonds. The van der Waals surface area contributed by atoms with E-state index < -0.39 is 74.5 Å². The number of methoxy groups -OCH3 is 2. The molecule has 2 heterocycles. The Morgan fingerprint density at radius 1 is 1.05 bits per heavy atom. The van der Waals surface area contributed by atoms with Gasteiger partial charge in [-0.3, -0.25) is 28.5 Å². The van der Waals surface area contributed by atoms with Gasteiger partial charge in [-0.1, -0.05) is 0 Å². The number of hydrogen-bond acceptors (Lipinski definition) is 15. The van der Waals surface area contributed by atoms with Crippen molar-refractivity contribution in [1.29, 1.82) is 0 Å². The average molecular weight is 626 g/mol. The zero-order chi connectivity index (χ0) is 32.1. The summed E-state index contributed by atoms with van der Waals surface area (Å²) in [6, 6.07) is 0. The van der Waals surface area contributed by atoms with Gasteiger partial charge in [0.1, 0.15) is 6.61 Å². The van der Waals surface area contributed by atoms with Crippen molar-refractivity contribution in [3.8, 4) is 0 Å². The van der Waals surface area contributed by atoms with Gasteiger partial charge >= 0.3 is 19.8 Å². The first kappa shape index (κ1) is 35.2. The molecule has 0 saturated heterocycles. The Balaban J connectivity index is 2.29. The molecule has 0 saturated carbocycles. The van der Waals surface area contributed by atoms with Crippen molar-refractivity contribution >= 4 is 36.9 Å². The van der Waals surface area contributed by atoms with Gasteiger partial charge in [0.25, 0.3) is 5.56 Å². The molecule has 2 rings (SSSR count). The summed E-state index contributed by atoms with van der Waals surface area (Å²) >= 11 is 0. The molecule has 17 nitrogen and oxygen atoms in total. The van der Waals surface area contributed by atoms with Crippen LogP contribution in [0.25, 0.3) is 11.2 Å². The number of aromatic amines is 1. The van der Waals surface area contributed by atoms with Crippen LogP contribution in [-0.2, 0) is 46.7 Å². The SMILES string of the molecule is COC(COP(=O)(OCOC(=O)C(C)(C)C)OCOC(=O)C(C)(C)C)(OC)[C@@H](O)[C@@H](F)n1cnc2c(=O)[nH]c(N)nc21. The number of rotatable bonds is 14. The molecule has 0 radical (unpaired) electrons. The number of nitrogens with one attached hydrogen (secondary N) is 1. The monoisotopic (exact) mass is 625 g/mol. The van der Waals surface area contributed by atoms with Crippen LogP contribution >= 0.6 is 7.82 Å². The molecule has 0 aliphatic rings. The van der Waals surface area contributed by atoms with E-state index in [-0.39, 0.29) is 17.1 Å². The minimum Gasteiger partial charge on any atom is -0.437 e. The Morgan fingerprint density at radius 3 is 2.00 bits per heavy atom. The highest BCUT2D eigenvalue weighted by Crippen LogP contribution is 2.51. The van der Waals surface area contributed by atoms with Crippen molar-refractivity contribution in [2.45, 2.75) is 59.7 Å². The Kier molecular flexibility index (Phi) is 11.4. The van der Waals surface area contributed by atoms with E-state index in [4.69, 9.17) is 38.3 Å². The number of aliphatic hydroxyl groups excluding tert-OH is 1. The predicted octanol–water partition coefficient (Wildman–Crippen LogP) is 1.77. The number of imidazole rings is 1. The predicted molar refractivity (Wildman–Crippen MR) is 142 cm³/mol. The first-order chi connectivity index (χ1) is 19.3. The fourth-order valence-electron chi connectivity index (χ4n) is 3.02. The molecular weight excluding hydrogens is 588 g/mol. The zero-order valence-electron chi connectivity index (χ0n) is 24.5. The van der Waals surface area contributed by atoms with Gasteiger partial charge in [-0.05, 0) is 41.5 Å². The second kappa shape index (κ2) is 13.5. The summed E-state index contributed by atoms with van der Waals surface area (Å²) in [6.45, 7) is 6.57. The number of carbonyl (C=O) groups excluding carboxylic acids is 2. The van der Waals surface area contributed by atoms with Gasteiger partial charge in [0.15, 0.2) is 17.3 Å². The summed E-state index contributed by atoms with van der Waals surface area (Å²) < 4.78 is 65.4. The first-order valence-corrected chi connectivity index (χ1v) is 13.8. The van der Waals surface area contributed by atoms with E-state index in [2.05, 4.69) is 15.0 Å². The average Bonchev–Trinajstić information content (AvgIpc) is 3.32. The third-order valence-corrected chi connectivity index (χ3v) is 6.86. The Labute approximate surface area is 240 Å². The van der Waals surface area contributed by atoms with Gasteiger partial charge < -0.3 is 29.8 Å². The maximum Gasteiger partial charge on any atom is 0.480 e. The van der Waals surface area contributed by atoms with E-state index >= 15 is 4.39 Å². The molecule has 0 aliphatic heterocycles. The van der Waals surface area contributed by atoms with Crippen LogP contribution in [0.3, 0.4) is 0 Å². The third-order valence-electron chi connectivity index (χ3n) is 5.57. The standard InChI is InChI=1S/C23H37FN5O12P/c1-21(2,3)18(32)37-11-40-42(34,41-12-38-19(33)22(4,5)6)39-9-23(35-7,36-8)14(30)15(24)29-10-26-13-16(29)27-20(25)28-17(13)31/h10,14-15,30H,9,11-12H2,1-8H3,(H3,25,27,28,31)/t14-,15-/m0/s1. The number of phosphoric ester groups is 1. The minimum atomic E-state index is -4.78. The van der Waals surface area contributed by atoms with Gasteiger partial charge in [-0.25, -0.2) is 23.0 Å². The van der Waals surface area contributed by atoms with E-state index in [0.29, 0.717) is 4.57 Å². The molecule has 2 atom stereocenters. The zero-order valence-corrected chi connectivity index (χ0v) is 25.4. The van der Waals surface area contributed by atoms with Crippen LogP contribution in [-0.4, -0.2) is 82.9 Å². The summed E-state index contributed by atoms with van der Waals surface area (Å²) in [7, 11) is -2.73. The Morgan fingerprint density at radius 2 is 1.55 bits per heavy atom. The molecular formula is C23H37FN5O12P. The first-order valence-electron chi connectivity index (χ1n) is 12.3. The van der Waals surface area contributed by atoms with Crippen LogP contribution in [0.5, 0.6) is 0 Å². The number of aromatic nitrogens is 4. The summed E-state index contributed by atoms with van der Waals surface area (Å²) in [6.07, 6.45) is -3.80. The van der Waals surface area contributed by atoms with E-state index in [1.807, 2.05) is 0 Å². The highest BCUT2D eigenvalue weighted by atomic mass is 31.2. The number of nitrogens with two attached hydrogens (primary N) is 1. The van der Waals surface area contributed by atoms with Crippen molar-refractivity contribution < 1.29 is 56.2 Å². The number of fused-ring (bicyclic) bond motifs is 1. The highest BCUT2D eigenvalue weighted by molar-refractivity contribution is 7.48. The number of halogens is 1. The molecule has 0 fully saturated rings. The van der Waals surface area contributed by atoms with Gasteiger partial charge in [-0.2, -0.15) is 4.98 Å². The van der Waals surface area contributed by atoms with Crippen molar-refractivity contribution in [3.63, 3.8) is 0 Å². The number of nitrogen functional groups attached to an aromatic ring is 1. The minimum absolute atomic E-state index is 0.267. The van der Waals surface area contributed by atoms with Crippen LogP contribution in [0.2, 0.25) is 0 Å². The van der Waals surface area contributed by atoms with Gasteiger partial charge in [0, 0.05) is 14.2 Å².